The molecule has 1 aromatic carbocycles. The molecule has 0 spiro atoms. The predicted octanol–water partition coefficient (Wildman–Crippen LogP) is 1.80. The molecule has 142 valence electrons. The second kappa shape index (κ2) is 7.84. The highest BCUT2D eigenvalue weighted by atomic mass is 79.9. The lowest BCUT2D eigenvalue weighted by Crippen LogP contribution is -2.25. The molecule has 1 N–H and O–H groups in total. The minimum atomic E-state index is -3.76. The Kier molecular flexibility index (Phi) is 6.19. The van der Waals surface area contributed by atoms with Crippen LogP contribution in [0.2, 0.25) is 0 Å². The molecule has 1 aromatic rings. The van der Waals surface area contributed by atoms with Gasteiger partial charge in [0, 0.05) is 13.8 Å². The van der Waals surface area contributed by atoms with Gasteiger partial charge in [0.25, 0.3) is 0 Å². The van der Waals surface area contributed by atoms with E-state index in [1.165, 1.54) is 26.0 Å². The zero-order valence-corrected chi connectivity index (χ0v) is 17.5. The minimum Gasteiger partial charge on any atom is -0.493 e. The molecule has 1 atom stereocenters. The number of carbonyl (C=O) groups is 2. The molecule has 1 heterocycles. The summed E-state index contributed by atoms with van der Waals surface area (Å²) in [6.45, 7) is 2.69. The highest BCUT2D eigenvalue weighted by Crippen LogP contribution is 2.45. The van der Waals surface area contributed by atoms with Crippen LogP contribution < -0.4 is 14.2 Å². The molecule has 1 aliphatic rings. The number of halogens is 1. The van der Waals surface area contributed by atoms with Gasteiger partial charge in [0.2, 0.25) is 11.8 Å². The molecule has 0 aromatic heterocycles. The number of hydrazone groups is 1. The zero-order chi connectivity index (χ0) is 19.6. The Bertz CT molecular complexity index is 887. The molecule has 2 amide bonds. The molecular weight excluding hydrogens is 450 g/mol. The molecule has 0 aliphatic carbocycles. The Hall–Kier alpha value is -1.79. The number of benzene rings is 1. The monoisotopic (exact) mass is 465 g/mol. The van der Waals surface area contributed by atoms with Gasteiger partial charge in [-0.05, 0) is 33.6 Å². The van der Waals surface area contributed by atoms with Crippen molar-refractivity contribution in [1.82, 2.24) is 10.3 Å². The molecule has 0 saturated carbocycles. The van der Waals surface area contributed by atoms with Crippen molar-refractivity contribution >= 4 is 54.8 Å². The van der Waals surface area contributed by atoms with Gasteiger partial charge in [0.05, 0.1) is 17.8 Å². The Morgan fingerprint density at radius 3 is 2.50 bits per heavy atom. The molecular formula is C14H16BrN3O6S2. The molecule has 1 aliphatic heterocycles. The van der Waals surface area contributed by atoms with Crippen LogP contribution in [-0.4, -0.2) is 43.8 Å². The molecule has 0 saturated heterocycles. The standard InChI is InChI=1S/C14H16BrN3O6S2/c1-7(19)16-14-17-18(8(2)20)13(25-14)9-5-10(15)12(11(6-9)23-3)24-26(4,21)22/h5-6,13H,1-4H3,(H,16,17,19). The summed E-state index contributed by atoms with van der Waals surface area (Å²) >= 11 is 4.42. The van der Waals surface area contributed by atoms with Crippen molar-refractivity contribution in [3.8, 4) is 11.5 Å². The van der Waals surface area contributed by atoms with Gasteiger partial charge in [-0.3, -0.25) is 9.59 Å². The Morgan fingerprint density at radius 1 is 1.35 bits per heavy atom. The van der Waals surface area contributed by atoms with Crippen LogP contribution in [-0.2, 0) is 19.7 Å². The lowest BCUT2D eigenvalue weighted by atomic mass is 10.2. The number of thioether (sulfide) groups is 1. The van der Waals surface area contributed by atoms with Gasteiger partial charge in [-0.2, -0.15) is 8.42 Å². The van der Waals surface area contributed by atoms with E-state index in [4.69, 9.17) is 8.92 Å². The lowest BCUT2D eigenvalue weighted by molar-refractivity contribution is -0.129. The molecule has 0 radical (unpaired) electrons. The van der Waals surface area contributed by atoms with Crippen molar-refractivity contribution in [2.75, 3.05) is 13.4 Å². The summed E-state index contributed by atoms with van der Waals surface area (Å²) in [5.74, 6) is -0.471. The van der Waals surface area contributed by atoms with Crippen molar-refractivity contribution in [3.05, 3.63) is 22.2 Å². The number of amidine groups is 1. The van der Waals surface area contributed by atoms with Gasteiger partial charge in [-0.15, -0.1) is 5.10 Å². The van der Waals surface area contributed by atoms with Crippen LogP contribution in [0.5, 0.6) is 11.5 Å². The molecule has 0 bridgehead atoms. The van der Waals surface area contributed by atoms with Crippen molar-refractivity contribution in [3.63, 3.8) is 0 Å². The van der Waals surface area contributed by atoms with E-state index in [-0.39, 0.29) is 28.5 Å². The first-order valence-electron chi connectivity index (χ1n) is 7.11. The van der Waals surface area contributed by atoms with Gasteiger partial charge >= 0.3 is 10.1 Å². The van der Waals surface area contributed by atoms with E-state index >= 15 is 0 Å². The minimum absolute atomic E-state index is 0.000810. The summed E-state index contributed by atoms with van der Waals surface area (Å²) in [5.41, 5.74) is 0.596. The van der Waals surface area contributed by atoms with Crippen molar-refractivity contribution in [2.45, 2.75) is 19.2 Å². The van der Waals surface area contributed by atoms with Crippen molar-refractivity contribution in [1.29, 1.82) is 0 Å². The largest absolute Gasteiger partial charge is 0.493 e. The molecule has 26 heavy (non-hydrogen) atoms. The third kappa shape index (κ3) is 4.89. The number of methoxy groups -OCH3 is 1. The highest BCUT2D eigenvalue weighted by Gasteiger charge is 2.33. The van der Waals surface area contributed by atoms with Gasteiger partial charge in [-0.25, -0.2) is 5.01 Å². The predicted molar refractivity (Wildman–Crippen MR) is 100 cm³/mol. The van der Waals surface area contributed by atoms with E-state index in [0.717, 1.165) is 18.0 Å². The van der Waals surface area contributed by atoms with Crippen LogP contribution in [0.25, 0.3) is 0 Å². The summed E-state index contributed by atoms with van der Waals surface area (Å²) in [7, 11) is -2.39. The fourth-order valence-corrected chi connectivity index (χ4v) is 4.33. The molecule has 12 heteroatoms. The molecule has 1 unspecified atom stereocenters. The maximum absolute atomic E-state index is 11.9. The first-order valence-corrected chi connectivity index (χ1v) is 10.6. The number of ether oxygens (including phenoxy) is 1. The fourth-order valence-electron chi connectivity index (χ4n) is 2.09. The van der Waals surface area contributed by atoms with Gasteiger partial charge in [0.1, 0.15) is 5.37 Å². The number of hydrogen-bond donors (Lipinski definition) is 1. The van der Waals surface area contributed by atoms with E-state index in [9.17, 15) is 18.0 Å². The van der Waals surface area contributed by atoms with E-state index in [1.54, 1.807) is 12.1 Å². The number of carbonyl (C=O) groups excluding carboxylic acids is 2. The molecule has 9 nitrogen and oxygen atoms in total. The second-order valence-corrected chi connectivity index (χ2v) is 8.74. The van der Waals surface area contributed by atoms with Crippen LogP contribution in [0.15, 0.2) is 21.7 Å². The number of rotatable bonds is 4. The first kappa shape index (κ1) is 20.5. The smallest absolute Gasteiger partial charge is 0.306 e. The Morgan fingerprint density at radius 2 is 2.00 bits per heavy atom. The Labute approximate surface area is 163 Å². The van der Waals surface area contributed by atoms with Gasteiger partial charge < -0.3 is 14.2 Å². The maximum atomic E-state index is 11.9. The van der Waals surface area contributed by atoms with Gasteiger partial charge in [0.15, 0.2) is 16.7 Å². The van der Waals surface area contributed by atoms with Crippen LogP contribution >= 0.6 is 27.7 Å². The van der Waals surface area contributed by atoms with E-state index in [1.807, 2.05) is 0 Å². The van der Waals surface area contributed by atoms with Crippen LogP contribution in [0.3, 0.4) is 0 Å². The lowest BCUT2D eigenvalue weighted by Gasteiger charge is -2.21. The fraction of sp³-hybridized carbons (Fsp3) is 0.357. The van der Waals surface area contributed by atoms with Gasteiger partial charge in [-0.1, -0.05) is 11.8 Å². The number of nitrogens with zero attached hydrogens (tertiary/aromatic N) is 2. The maximum Gasteiger partial charge on any atom is 0.306 e. The summed E-state index contributed by atoms with van der Waals surface area (Å²) in [6.07, 6.45) is 0.921. The average molecular weight is 466 g/mol. The van der Waals surface area contributed by atoms with Crippen molar-refractivity contribution in [2.24, 2.45) is 5.10 Å². The third-order valence-corrected chi connectivity index (χ3v) is 5.18. The average Bonchev–Trinajstić information content (AvgIpc) is 2.91. The number of amides is 2. The number of nitrogens with one attached hydrogen (secondary N) is 1. The van der Waals surface area contributed by atoms with Crippen LogP contribution in [0.4, 0.5) is 0 Å². The topological polar surface area (TPSA) is 114 Å². The first-order chi connectivity index (χ1) is 12.0. The van der Waals surface area contributed by atoms with E-state index in [2.05, 4.69) is 26.3 Å². The summed E-state index contributed by atoms with van der Waals surface area (Å²) in [5, 5.41) is 7.58. The quantitative estimate of drug-likeness (QED) is 0.673. The summed E-state index contributed by atoms with van der Waals surface area (Å²) in [6, 6.07) is 3.15. The van der Waals surface area contributed by atoms with E-state index < -0.39 is 15.5 Å². The zero-order valence-electron chi connectivity index (χ0n) is 14.3. The van der Waals surface area contributed by atoms with Crippen LogP contribution in [0.1, 0.15) is 24.8 Å². The normalized spacial score (nSPS) is 16.9. The van der Waals surface area contributed by atoms with Crippen molar-refractivity contribution < 1.29 is 26.9 Å². The van der Waals surface area contributed by atoms with E-state index in [0.29, 0.717) is 10.0 Å². The number of hydrogen-bond acceptors (Lipinski definition) is 8. The molecule has 2 rings (SSSR count). The van der Waals surface area contributed by atoms with Crippen LogP contribution in [0, 0.1) is 0 Å². The summed E-state index contributed by atoms with van der Waals surface area (Å²) < 4.78 is 33.4. The SMILES string of the molecule is COc1cc(C2SC(NC(C)=O)=NN2C(C)=O)cc(Br)c1OS(C)(=O)=O. The third-order valence-electron chi connectivity index (χ3n) is 3.02. The second-order valence-electron chi connectivity index (χ2n) is 5.24. The Balaban J connectivity index is 2.43. The highest BCUT2D eigenvalue weighted by molar-refractivity contribution is 9.10. The summed E-state index contributed by atoms with van der Waals surface area (Å²) in [4.78, 5) is 23.1. The molecule has 0 fully saturated rings.